The number of aryl methyl sites for hydroxylation is 2. The second kappa shape index (κ2) is 9.76. The number of hydrogen-bond donors (Lipinski definition) is 1. The third kappa shape index (κ3) is 4.72. The van der Waals surface area contributed by atoms with Crippen molar-refractivity contribution < 1.29 is 9.53 Å². The van der Waals surface area contributed by atoms with Crippen molar-refractivity contribution in [2.24, 2.45) is 0 Å². The number of carbonyl (C=O) groups is 1. The van der Waals surface area contributed by atoms with Gasteiger partial charge >= 0.3 is 0 Å². The summed E-state index contributed by atoms with van der Waals surface area (Å²) in [6, 6.07) is 24.9. The Morgan fingerprint density at radius 3 is 2.50 bits per heavy atom. The van der Waals surface area contributed by atoms with Crippen molar-refractivity contribution in [3.63, 3.8) is 0 Å². The molecule has 1 amide bonds. The zero-order chi connectivity index (χ0) is 23.5. The number of ether oxygens (including phenoxy) is 1. The number of aromatic nitrogens is 1. The molecule has 1 atom stereocenters. The highest BCUT2D eigenvalue weighted by atomic mass is 16.5. The first-order chi connectivity index (χ1) is 16.7. The summed E-state index contributed by atoms with van der Waals surface area (Å²) in [5, 5.41) is 4.43. The first-order valence-corrected chi connectivity index (χ1v) is 12.4. The summed E-state index contributed by atoms with van der Waals surface area (Å²) in [5.41, 5.74) is 4.92. The first kappa shape index (κ1) is 22.3. The minimum Gasteiger partial charge on any atom is -0.457 e. The molecule has 0 aliphatic heterocycles. The molecule has 4 nitrogen and oxygen atoms in total. The van der Waals surface area contributed by atoms with Crippen molar-refractivity contribution in [1.82, 2.24) is 9.88 Å². The zero-order valence-electron chi connectivity index (χ0n) is 20.0. The molecule has 0 saturated heterocycles. The molecule has 0 spiro atoms. The van der Waals surface area contributed by atoms with E-state index in [-0.39, 0.29) is 11.8 Å². The van der Waals surface area contributed by atoms with E-state index in [1.807, 2.05) is 42.5 Å². The van der Waals surface area contributed by atoms with Crippen molar-refractivity contribution in [3.8, 4) is 11.5 Å². The second-order valence-electron chi connectivity index (χ2n) is 9.12. The van der Waals surface area contributed by atoms with Gasteiger partial charge in [-0.1, -0.05) is 55.5 Å². The van der Waals surface area contributed by atoms with Crippen molar-refractivity contribution in [1.29, 1.82) is 0 Å². The molecule has 1 aliphatic rings. The lowest BCUT2D eigenvalue weighted by molar-refractivity contribution is -0.121. The third-order valence-corrected chi connectivity index (χ3v) is 6.68. The van der Waals surface area contributed by atoms with Crippen LogP contribution in [-0.2, 0) is 17.8 Å². The quantitative estimate of drug-likeness (QED) is 0.303. The smallest absolute Gasteiger partial charge is 0.221 e. The van der Waals surface area contributed by atoms with Gasteiger partial charge in [0.05, 0.1) is 5.52 Å². The fourth-order valence-electron chi connectivity index (χ4n) is 4.80. The van der Waals surface area contributed by atoms with Gasteiger partial charge in [-0.3, -0.25) is 4.79 Å². The van der Waals surface area contributed by atoms with Crippen LogP contribution in [0.25, 0.3) is 10.9 Å². The molecule has 1 saturated carbocycles. The molecule has 4 aromatic rings. The molecule has 1 heterocycles. The van der Waals surface area contributed by atoms with Gasteiger partial charge in [-0.2, -0.15) is 0 Å². The number of nitrogens with one attached hydrogen (secondary N) is 1. The molecule has 5 rings (SSSR count). The minimum absolute atomic E-state index is 0.0551. The van der Waals surface area contributed by atoms with Gasteiger partial charge in [-0.05, 0) is 67.1 Å². The van der Waals surface area contributed by atoms with Gasteiger partial charge in [0.2, 0.25) is 5.91 Å². The molecule has 3 aromatic carbocycles. The van der Waals surface area contributed by atoms with Crippen LogP contribution in [0.4, 0.5) is 0 Å². The topological polar surface area (TPSA) is 43.3 Å². The van der Waals surface area contributed by atoms with E-state index in [9.17, 15) is 4.79 Å². The maximum absolute atomic E-state index is 13.0. The van der Waals surface area contributed by atoms with E-state index >= 15 is 0 Å². The Balaban J connectivity index is 1.57. The summed E-state index contributed by atoms with van der Waals surface area (Å²) < 4.78 is 8.46. The average molecular weight is 453 g/mol. The molecule has 1 fully saturated rings. The van der Waals surface area contributed by atoms with Crippen LogP contribution in [0.1, 0.15) is 55.7 Å². The Morgan fingerprint density at radius 1 is 1.00 bits per heavy atom. The lowest BCUT2D eigenvalue weighted by atomic mass is 9.87. The minimum atomic E-state index is -0.0551. The number of amides is 1. The standard InChI is InChI=1S/C30H32N2O2/c1-3-21-10-9-15-26-28(20-32(4-2)30(21)26)27(19-29(33)31-23-16-17-23)22-11-8-14-25(18-22)34-24-12-6-5-7-13-24/h5-15,18,20,23,27H,3-4,16-17,19H2,1-2H3,(H,31,33). The zero-order valence-corrected chi connectivity index (χ0v) is 20.0. The van der Waals surface area contributed by atoms with Crippen molar-refractivity contribution in [2.75, 3.05) is 0 Å². The number of fused-ring (bicyclic) bond motifs is 1. The normalized spacial score (nSPS) is 14.2. The maximum Gasteiger partial charge on any atom is 0.221 e. The highest BCUT2D eigenvalue weighted by molar-refractivity contribution is 5.89. The molecular weight excluding hydrogens is 420 g/mol. The van der Waals surface area contributed by atoms with Crippen LogP contribution in [0, 0.1) is 0 Å². The molecule has 174 valence electrons. The van der Waals surface area contributed by atoms with Crippen LogP contribution in [0.3, 0.4) is 0 Å². The number of carbonyl (C=O) groups excluding carboxylic acids is 1. The number of rotatable bonds is 9. The Labute approximate surface area is 201 Å². The van der Waals surface area contributed by atoms with Crippen molar-refractivity contribution in [3.05, 3.63) is 95.7 Å². The van der Waals surface area contributed by atoms with Gasteiger partial charge in [-0.15, -0.1) is 0 Å². The summed E-state index contributed by atoms with van der Waals surface area (Å²) in [6.07, 6.45) is 5.83. The van der Waals surface area contributed by atoms with E-state index in [1.54, 1.807) is 0 Å². The van der Waals surface area contributed by atoms with Crippen LogP contribution in [0.2, 0.25) is 0 Å². The largest absolute Gasteiger partial charge is 0.457 e. The molecule has 0 radical (unpaired) electrons. The van der Waals surface area contributed by atoms with Crippen LogP contribution in [0.15, 0.2) is 79.0 Å². The monoisotopic (exact) mass is 452 g/mol. The highest BCUT2D eigenvalue weighted by Crippen LogP contribution is 2.38. The molecule has 1 aromatic heterocycles. The maximum atomic E-state index is 13.0. The summed E-state index contributed by atoms with van der Waals surface area (Å²) in [5.74, 6) is 1.65. The summed E-state index contributed by atoms with van der Waals surface area (Å²) in [4.78, 5) is 13.0. The molecule has 1 aliphatic carbocycles. The van der Waals surface area contributed by atoms with Gasteiger partial charge < -0.3 is 14.6 Å². The molecule has 4 heteroatoms. The lowest BCUT2D eigenvalue weighted by Gasteiger charge is -2.18. The summed E-state index contributed by atoms with van der Waals surface area (Å²) in [7, 11) is 0. The van der Waals surface area contributed by atoms with Gasteiger partial charge in [0.15, 0.2) is 0 Å². The predicted molar refractivity (Wildman–Crippen MR) is 138 cm³/mol. The van der Waals surface area contributed by atoms with E-state index in [2.05, 4.69) is 60.3 Å². The fourth-order valence-corrected chi connectivity index (χ4v) is 4.80. The Morgan fingerprint density at radius 2 is 1.76 bits per heavy atom. The van der Waals surface area contributed by atoms with Gasteiger partial charge in [-0.25, -0.2) is 0 Å². The molecule has 0 bridgehead atoms. The van der Waals surface area contributed by atoms with Crippen molar-refractivity contribution >= 4 is 16.8 Å². The molecule has 1 N–H and O–H groups in total. The SMILES string of the molecule is CCc1cccc2c(C(CC(=O)NC3CC3)c3cccc(Oc4ccccc4)c3)cn(CC)c12. The summed E-state index contributed by atoms with van der Waals surface area (Å²) >= 11 is 0. The van der Waals surface area contributed by atoms with Crippen LogP contribution in [-0.4, -0.2) is 16.5 Å². The number of nitrogens with zero attached hydrogens (tertiary/aromatic N) is 1. The van der Waals surface area contributed by atoms with E-state index in [4.69, 9.17) is 4.74 Å². The Kier molecular flexibility index (Phi) is 6.39. The Hall–Kier alpha value is -3.53. The van der Waals surface area contributed by atoms with Crippen LogP contribution >= 0.6 is 0 Å². The summed E-state index contributed by atoms with van der Waals surface area (Å²) in [6.45, 7) is 5.27. The van der Waals surface area contributed by atoms with E-state index in [0.717, 1.165) is 42.9 Å². The Bertz CT molecular complexity index is 1290. The van der Waals surface area contributed by atoms with Gasteiger partial charge in [0.1, 0.15) is 11.5 Å². The fraction of sp³-hybridized carbons (Fsp3) is 0.300. The highest BCUT2D eigenvalue weighted by Gasteiger charge is 2.28. The van der Waals surface area contributed by atoms with E-state index in [1.165, 1.54) is 22.0 Å². The van der Waals surface area contributed by atoms with Crippen LogP contribution < -0.4 is 10.1 Å². The number of hydrogen-bond acceptors (Lipinski definition) is 2. The number of para-hydroxylation sites is 2. The number of benzene rings is 3. The van der Waals surface area contributed by atoms with Gasteiger partial charge in [0.25, 0.3) is 0 Å². The lowest BCUT2D eigenvalue weighted by Crippen LogP contribution is -2.27. The van der Waals surface area contributed by atoms with Crippen LogP contribution in [0.5, 0.6) is 11.5 Å². The second-order valence-corrected chi connectivity index (χ2v) is 9.12. The molecular formula is C30H32N2O2. The van der Waals surface area contributed by atoms with E-state index in [0.29, 0.717) is 12.5 Å². The molecule has 34 heavy (non-hydrogen) atoms. The van der Waals surface area contributed by atoms with E-state index < -0.39 is 0 Å². The third-order valence-electron chi connectivity index (χ3n) is 6.68. The predicted octanol–water partition coefficient (Wildman–Crippen LogP) is 6.82. The van der Waals surface area contributed by atoms with Gasteiger partial charge in [0, 0.05) is 36.5 Å². The molecule has 1 unspecified atom stereocenters. The average Bonchev–Trinajstić information content (AvgIpc) is 3.60. The first-order valence-electron chi connectivity index (χ1n) is 12.4. The van der Waals surface area contributed by atoms with Crippen molar-refractivity contribution in [2.45, 2.75) is 58.0 Å².